The number of rotatable bonds is 2. The molecule has 0 aromatic rings. The molecule has 0 heterocycles. The quantitative estimate of drug-likeness (QED) is 0.777. The van der Waals surface area contributed by atoms with E-state index in [0.29, 0.717) is 0 Å². The van der Waals surface area contributed by atoms with Crippen LogP contribution >= 0.6 is 0 Å². The highest BCUT2D eigenvalue weighted by atomic mass is 16.6. The van der Waals surface area contributed by atoms with Crippen molar-refractivity contribution in [1.29, 1.82) is 0 Å². The zero-order valence-electron chi connectivity index (χ0n) is 12.3. The van der Waals surface area contributed by atoms with Crippen molar-refractivity contribution in [3.05, 3.63) is 4.91 Å². The molecule has 2 atom stereocenters. The number of nitrogens with one attached hydrogen (secondary N) is 1. The van der Waals surface area contributed by atoms with Gasteiger partial charge in [-0.05, 0) is 46.5 Å². The smallest absolute Gasteiger partial charge is 0.407 e. The van der Waals surface area contributed by atoms with E-state index in [1.165, 1.54) is 0 Å². The molecule has 0 aliphatic heterocycles. The number of hydrogen-bond acceptors (Lipinski definition) is 4. The van der Waals surface area contributed by atoms with Crippen molar-refractivity contribution in [2.45, 2.75) is 83.4 Å². The lowest BCUT2D eigenvalue weighted by atomic mass is 10.0. The highest BCUT2D eigenvalue weighted by molar-refractivity contribution is 5.68. The molecule has 1 fully saturated rings. The highest BCUT2D eigenvalue weighted by Crippen LogP contribution is 2.20. The Hall–Kier alpha value is -1.13. The molecule has 2 unspecified atom stereocenters. The van der Waals surface area contributed by atoms with Crippen molar-refractivity contribution in [2.75, 3.05) is 0 Å². The molecule has 1 amide bonds. The molecular weight excluding hydrogens is 244 g/mol. The molecule has 0 bridgehead atoms. The molecule has 0 aromatic heterocycles. The third-order valence-corrected chi connectivity index (χ3v) is 3.31. The number of carbonyl (C=O) groups is 1. The van der Waals surface area contributed by atoms with E-state index in [9.17, 15) is 9.70 Å². The second-order valence-corrected chi connectivity index (χ2v) is 6.32. The molecule has 1 aliphatic carbocycles. The second kappa shape index (κ2) is 7.46. The van der Waals surface area contributed by atoms with Crippen LogP contribution in [0.5, 0.6) is 0 Å². The van der Waals surface area contributed by atoms with E-state index in [4.69, 9.17) is 4.74 Å². The fourth-order valence-electron chi connectivity index (χ4n) is 2.35. The number of carbonyl (C=O) groups excluding carboxylic acids is 1. The van der Waals surface area contributed by atoms with Gasteiger partial charge in [0, 0.05) is 6.04 Å². The molecule has 0 spiro atoms. The summed E-state index contributed by atoms with van der Waals surface area (Å²) in [7, 11) is 0. The Bertz CT molecular complexity index is 300. The molecule has 5 nitrogen and oxygen atoms in total. The number of nitrogens with zero attached hydrogens (tertiary/aromatic N) is 1. The van der Waals surface area contributed by atoms with E-state index in [1.807, 2.05) is 20.8 Å². The first-order valence-corrected chi connectivity index (χ1v) is 7.22. The first-order chi connectivity index (χ1) is 8.90. The van der Waals surface area contributed by atoms with Crippen LogP contribution in [0.4, 0.5) is 4.79 Å². The van der Waals surface area contributed by atoms with Crippen molar-refractivity contribution in [2.24, 2.45) is 5.18 Å². The number of nitroso groups, excluding NO2 is 1. The van der Waals surface area contributed by atoms with E-state index in [2.05, 4.69) is 10.5 Å². The van der Waals surface area contributed by atoms with E-state index in [0.717, 1.165) is 44.9 Å². The number of alkyl carbamates (subject to hydrolysis) is 1. The molecule has 0 aromatic carbocycles. The van der Waals surface area contributed by atoms with Crippen LogP contribution < -0.4 is 5.32 Å². The second-order valence-electron chi connectivity index (χ2n) is 6.32. The van der Waals surface area contributed by atoms with Crippen molar-refractivity contribution in [3.63, 3.8) is 0 Å². The average Bonchev–Trinajstić information content (AvgIpc) is 2.39. The van der Waals surface area contributed by atoms with Crippen molar-refractivity contribution in [1.82, 2.24) is 5.32 Å². The molecule has 1 saturated carbocycles. The van der Waals surface area contributed by atoms with Gasteiger partial charge < -0.3 is 10.1 Å². The fraction of sp³-hybridized carbons (Fsp3) is 0.929. The summed E-state index contributed by atoms with van der Waals surface area (Å²) in [6, 6.07) is -0.00163. The van der Waals surface area contributed by atoms with Gasteiger partial charge in [-0.25, -0.2) is 4.79 Å². The third kappa shape index (κ3) is 7.13. The Labute approximate surface area is 115 Å². The van der Waals surface area contributed by atoms with Crippen LogP contribution in [-0.2, 0) is 4.74 Å². The molecule has 110 valence electrons. The first-order valence-electron chi connectivity index (χ1n) is 7.22. The van der Waals surface area contributed by atoms with Crippen LogP contribution in [0.25, 0.3) is 0 Å². The summed E-state index contributed by atoms with van der Waals surface area (Å²) in [6.07, 6.45) is 6.24. The zero-order chi connectivity index (χ0) is 14.3. The van der Waals surface area contributed by atoms with Crippen molar-refractivity contribution < 1.29 is 9.53 Å². The van der Waals surface area contributed by atoms with E-state index < -0.39 is 5.60 Å². The maximum atomic E-state index is 11.7. The van der Waals surface area contributed by atoms with Crippen LogP contribution in [0.15, 0.2) is 5.18 Å². The van der Waals surface area contributed by atoms with Crippen LogP contribution in [0.3, 0.4) is 0 Å². The molecule has 19 heavy (non-hydrogen) atoms. The average molecular weight is 270 g/mol. The van der Waals surface area contributed by atoms with Gasteiger partial charge >= 0.3 is 6.09 Å². The predicted octanol–water partition coefficient (Wildman–Crippen LogP) is 3.76. The summed E-state index contributed by atoms with van der Waals surface area (Å²) in [6.45, 7) is 5.55. The van der Waals surface area contributed by atoms with Gasteiger partial charge in [-0.3, -0.25) is 0 Å². The minimum atomic E-state index is -0.477. The Morgan fingerprint density at radius 1 is 1.11 bits per heavy atom. The van der Waals surface area contributed by atoms with Crippen molar-refractivity contribution >= 4 is 6.09 Å². The van der Waals surface area contributed by atoms with Gasteiger partial charge in [0.2, 0.25) is 0 Å². The summed E-state index contributed by atoms with van der Waals surface area (Å²) < 4.78 is 5.26. The normalized spacial score (nSPS) is 25.6. The molecule has 0 radical (unpaired) electrons. The third-order valence-electron chi connectivity index (χ3n) is 3.31. The lowest BCUT2D eigenvalue weighted by molar-refractivity contribution is 0.0498. The molecular formula is C14H26N2O3. The van der Waals surface area contributed by atoms with Gasteiger partial charge in [-0.2, -0.15) is 4.91 Å². The molecule has 1 N–H and O–H groups in total. The van der Waals surface area contributed by atoms with Crippen LogP contribution in [-0.4, -0.2) is 23.8 Å². The largest absolute Gasteiger partial charge is 0.444 e. The topological polar surface area (TPSA) is 67.8 Å². The van der Waals surface area contributed by atoms with E-state index in [1.54, 1.807) is 0 Å². The monoisotopic (exact) mass is 270 g/mol. The number of amides is 1. The molecule has 5 heteroatoms. The van der Waals surface area contributed by atoms with Gasteiger partial charge in [0.25, 0.3) is 0 Å². The van der Waals surface area contributed by atoms with Crippen LogP contribution in [0.2, 0.25) is 0 Å². The SMILES string of the molecule is CC(C)(C)OC(=O)NC1CCCCCC(N=O)CC1. The Balaban J connectivity index is 2.45. The summed E-state index contributed by atoms with van der Waals surface area (Å²) in [5.74, 6) is 0. The number of ether oxygens (including phenoxy) is 1. The van der Waals surface area contributed by atoms with Gasteiger partial charge in [-0.15, -0.1) is 0 Å². The maximum Gasteiger partial charge on any atom is 0.407 e. The minimum absolute atomic E-state index is 0.0946. The van der Waals surface area contributed by atoms with Gasteiger partial charge in [0.1, 0.15) is 5.60 Å². The summed E-state index contributed by atoms with van der Waals surface area (Å²) in [5, 5.41) is 6.08. The van der Waals surface area contributed by atoms with Crippen molar-refractivity contribution in [3.8, 4) is 0 Å². The molecule has 1 aliphatic rings. The molecule has 1 rings (SSSR count). The van der Waals surface area contributed by atoms with Crippen LogP contribution in [0.1, 0.15) is 65.7 Å². The summed E-state index contributed by atoms with van der Waals surface area (Å²) >= 11 is 0. The van der Waals surface area contributed by atoms with Crippen LogP contribution in [0, 0.1) is 4.91 Å². The van der Waals surface area contributed by atoms with Gasteiger partial charge in [0.05, 0.1) is 6.04 Å². The lowest BCUT2D eigenvalue weighted by Crippen LogP contribution is -2.39. The van der Waals surface area contributed by atoms with Gasteiger partial charge in [0.15, 0.2) is 0 Å². The summed E-state index contributed by atoms with van der Waals surface area (Å²) in [5.41, 5.74) is -0.477. The van der Waals surface area contributed by atoms with E-state index in [-0.39, 0.29) is 18.2 Å². The lowest BCUT2D eigenvalue weighted by Gasteiger charge is -2.23. The number of hydrogen-bond donors (Lipinski definition) is 1. The zero-order valence-corrected chi connectivity index (χ0v) is 12.3. The maximum absolute atomic E-state index is 11.7. The standard InChI is InChI=1S/C14H26N2O3/c1-14(2,3)19-13(17)15-11-7-5-4-6-8-12(16-18)10-9-11/h11-12H,4-10H2,1-3H3,(H,15,17). The first kappa shape index (κ1) is 15.9. The van der Waals surface area contributed by atoms with Gasteiger partial charge in [-0.1, -0.05) is 24.4 Å². The predicted molar refractivity (Wildman–Crippen MR) is 75.1 cm³/mol. The minimum Gasteiger partial charge on any atom is -0.444 e. The van der Waals surface area contributed by atoms with E-state index >= 15 is 0 Å². The fourth-order valence-corrected chi connectivity index (χ4v) is 2.35. The summed E-state index contributed by atoms with van der Waals surface area (Å²) in [4.78, 5) is 22.4. The molecule has 0 saturated heterocycles. The Kier molecular flexibility index (Phi) is 6.25. The Morgan fingerprint density at radius 3 is 2.42 bits per heavy atom. The highest BCUT2D eigenvalue weighted by Gasteiger charge is 2.21. The Morgan fingerprint density at radius 2 is 1.79 bits per heavy atom.